The first-order chi connectivity index (χ1) is 28.2. The first-order valence-electron chi connectivity index (χ1n) is 20.4. The molecular weight excluding hydrogens is 711 g/mol. The average Bonchev–Trinajstić information content (AvgIpc) is 3.77. The van der Waals surface area contributed by atoms with Gasteiger partial charge < -0.3 is 24.4 Å². The molecule has 0 saturated heterocycles. The van der Waals surface area contributed by atoms with E-state index in [0.717, 1.165) is 89.5 Å². The fourth-order valence-corrected chi connectivity index (χ4v) is 8.62. The van der Waals surface area contributed by atoms with Gasteiger partial charge in [-0.25, -0.2) is 0 Å². The normalized spacial score (nSPS) is 14.5. The molecule has 0 radical (unpaired) electrons. The molecule has 1 unspecified atom stereocenters. The predicted octanol–water partition coefficient (Wildman–Crippen LogP) is 15.2. The molecule has 7 aromatic carbocycles. The van der Waals surface area contributed by atoms with Crippen LogP contribution in [0.2, 0.25) is 0 Å². The Kier molecular flexibility index (Phi) is 8.63. The van der Waals surface area contributed by atoms with E-state index in [1.54, 1.807) is 0 Å². The molecule has 2 aromatic heterocycles. The van der Waals surface area contributed by atoms with E-state index in [4.69, 9.17) is 14.6 Å². The van der Waals surface area contributed by atoms with Crippen LogP contribution in [0.15, 0.2) is 166 Å². The van der Waals surface area contributed by atoms with Crippen molar-refractivity contribution >= 4 is 88.8 Å². The highest BCUT2D eigenvalue weighted by Gasteiger charge is 2.23. The Balaban J connectivity index is 1.03. The van der Waals surface area contributed by atoms with Gasteiger partial charge in [0.1, 0.15) is 22.3 Å². The molecule has 1 atom stereocenters. The molecule has 2 N–H and O–H groups in total. The fourth-order valence-electron chi connectivity index (χ4n) is 8.62. The standard InChI is InChI=1S/C53H47N3O2/c1-32(2)35-8-16-41(17-9-35)55(40-14-6-34(5)7-15-40)44-22-24-46-48-26-37-27-49-47-25-23-45(31-53(47)58-51(49)29-38(37)28-50(48)57-52(46)30-44)56(43-20-12-39(54)13-21-43)42-18-10-36(11-19-42)33(3)4/h6-16,18-33,41H,17,54H2,1-5H3. The van der Waals surface area contributed by atoms with Gasteiger partial charge >= 0.3 is 0 Å². The maximum Gasteiger partial charge on any atom is 0.137 e. The second-order valence-corrected chi connectivity index (χ2v) is 16.5. The first-order valence-corrected chi connectivity index (χ1v) is 20.4. The summed E-state index contributed by atoms with van der Waals surface area (Å²) in [7, 11) is 0. The number of furan rings is 2. The van der Waals surface area contributed by atoms with E-state index < -0.39 is 0 Å². The predicted molar refractivity (Wildman–Crippen MR) is 245 cm³/mol. The topological polar surface area (TPSA) is 58.8 Å². The van der Waals surface area contributed by atoms with Crippen LogP contribution in [-0.2, 0) is 0 Å². The van der Waals surface area contributed by atoms with Crippen LogP contribution in [0.4, 0.5) is 34.1 Å². The molecule has 1 aliphatic rings. The quantitative estimate of drug-likeness (QED) is 0.156. The van der Waals surface area contributed by atoms with Crippen molar-refractivity contribution in [3.63, 3.8) is 0 Å². The van der Waals surface area contributed by atoms with E-state index >= 15 is 0 Å². The van der Waals surface area contributed by atoms with E-state index in [-0.39, 0.29) is 6.04 Å². The zero-order valence-electron chi connectivity index (χ0n) is 33.7. The highest BCUT2D eigenvalue weighted by molar-refractivity contribution is 6.15. The van der Waals surface area contributed by atoms with Gasteiger partial charge in [-0.2, -0.15) is 0 Å². The van der Waals surface area contributed by atoms with Crippen LogP contribution in [0.1, 0.15) is 51.2 Å². The number of hydrogen-bond donors (Lipinski definition) is 1. The Morgan fingerprint density at radius 2 is 1.05 bits per heavy atom. The number of allylic oxidation sites excluding steroid dienone is 2. The SMILES string of the molecule is Cc1ccc(N(c2ccc3c(c2)oc2cc4cc5oc6cc(N(c7ccc(N)cc7)c7ccc(C(C)C)cc7)ccc6c5cc4cc23)C2C=CC(C(C)C)=CC2)cc1. The van der Waals surface area contributed by atoms with Crippen molar-refractivity contribution in [3.8, 4) is 0 Å². The summed E-state index contributed by atoms with van der Waals surface area (Å²) in [6.07, 6.45) is 7.99. The molecule has 286 valence electrons. The van der Waals surface area contributed by atoms with E-state index in [2.05, 4.69) is 184 Å². The molecule has 0 fully saturated rings. The Morgan fingerprint density at radius 3 is 1.62 bits per heavy atom. The number of nitrogen functional groups attached to an aromatic ring is 1. The van der Waals surface area contributed by atoms with E-state index in [0.29, 0.717) is 11.8 Å². The fraction of sp³-hybridized carbons (Fsp3) is 0.170. The Labute approximate surface area is 339 Å². The van der Waals surface area contributed by atoms with Crippen molar-refractivity contribution in [1.82, 2.24) is 0 Å². The lowest BCUT2D eigenvalue weighted by Gasteiger charge is -2.33. The van der Waals surface area contributed by atoms with Crippen LogP contribution < -0.4 is 15.5 Å². The molecule has 0 amide bonds. The molecule has 0 aliphatic heterocycles. The lowest BCUT2D eigenvalue weighted by atomic mass is 9.93. The van der Waals surface area contributed by atoms with Crippen molar-refractivity contribution in [2.24, 2.45) is 5.92 Å². The van der Waals surface area contributed by atoms with Gasteiger partial charge in [0.15, 0.2) is 0 Å². The number of fused-ring (bicyclic) bond motifs is 7. The number of rotatable bonds is 8. The second-order valence-electron chi connectivity index (χ2n) is 16.5. The summed E-state index contributed by atoms with van der Waals surface area (Å²) < 4.78 is 13.3. The molecule has 0 spiro atoms. The van der Waals surface area contributed by atoms with Crippen molar-refractivity contribution < 1.29 is 8.83 Å². The van der Waals surface area contributed by atoms with Gasteiger partial charge in [-0.05, 0) is 144 Å². The minimum Gasteiger partial charge on any atom is -0.456 e. The molecule has 0 saturated carbocycles. The molecule has 1 aliphatic carbocycles. The lowest BCUT2D eigenvalue weighted by molar-refractivity contribution is 0.668. The third kappa shape index (κ3) is 6.28. The average molecular weight is 758 g/mol. The molecule has 5 heteroatoms. The maximum atomic E-state index is 6.67. The molecule has 2 heterocycles. The van der Waals surface area contributed by atoms with Gasteiger partial charge in [0.25, 0.3) is 0 Å². The summed E-state index contributed by atoms with van der Waals surface area (Å²) >= 11 is 0. The minimum atomic E-state index is 0.202. The summed E-state index contributed by atoms with van der Waals surface area (Å²) in [6.45, 7) is 11.1. The lowest BCUT2D eigenvalue weighted by Crippen LogP contribution is -2.30. The Hall–Kier alpha value is -6.72. The van der Waals surface area contributed by atoms with Crippen molar-refractivity contribution in [3.05, 3.63) is 168 Å². The molecular formula is C53H47N3O2. The van der Waals surface area contributed by atoms with E-state index in [9.17, 15) is 0 Å². The van der Waals surface area contributed by atoms with Crippen molar-refractivity contribution in [2.45, 2.75) is 53.0 Å². The van der Waals surface area contributed by atoms with Crippen LogP contribution in [-0.4, -0.2) is 6.04 Å². The summed E-state index contributed by atoms with van der Waals surface area (Å²) in [4.78, 5) is 4.69. The third-order valence-electron chi connectivity index (χ3n) is 11.9. The highest BCUT2D eigenvalue weighted by Crippen LogP contribution is 2.42. The number of nitrogens with two attached hydrogens (primary N) is 1. The summed E-state index contributed by atoms with van der Waals surface area (Å²) in [5.74, 6) is 0.968. The zero-order valence-corrected chi connectivity index (χ0v) is 33.7. The minimum absolute atomic E-state index is 0.202. The van der Waals surface area contributed by atoms with Crippen molar-refractivity contribution in [1.29, 1.82) is 0 Å². The summed E-state index contributed by atoms with van der Waals surface area (Å²) in [5, 5.41) is 6.61. The molecule has 5 nitrogen and oxygen atoms in total. The monoisotopic (exact) mass is 757 g/mol. The van der Waals surface area contributed by atoms with E-state index in [1.165, 1.54) is 22.4 Å². The number of benzene rings is 7. The Bertz CT molecular complexity index is 3050. The summed E-state index contributed by atoms with van der Waals surface area (Å²) in [6, 6.07) is 47.9. The number of nitrogens with zero attached hydrogens (tertiary/aromatic N) is 2. The first kappa shape index (κ1) is 35.7. The van der Waals surface area contributed by atoms with Crippen LogP contribution in [0, 0.1) is 12.8 Å². The van der Waals surface area contributed by atoms with Crippen LogP contribution in [0.5, 0.6) is 0 Å². The second kappa shape index (κ2) is 14.0. The third-order valence-corrected chi connectivity index (χ3v) is 11.9. The number of hydrogen-bond acceptors (Lipinski definition) is 5. The van der Waals surface area contributed by atoms with Gasteiger partial charge in [0, 0.05) is 67.8 Å². The molecule has 58 heavy (non-hydrogen) atoms. The number of anilines is 6. The molecule has 0 bridgehead atoms. The van der Waals surface area contributed by atoms with Crippen LogP contribution in [0.3, 0.4) is 0 Å². The summed E-state index contributed by atoms with van der Waals surface area (Å²) in [5.41, 5.74) is 19.6. The van der Waals surface area contributed by atoms with Gasteiger partial charge in [0.2, 0.25) is 0 Å². The zero-order chi connectivity index (χ0) is 39.7. The van der Waals surface area contributed by atoms with Crippen LogP contribution in [0.25, 0.3) is 54.6 Å². The number of aryl methyl sites for hydroxylation is 1. The largest absolute Gasteiger partial charge is 0.456 e. The van der Waals surface area contributed by atoms with Gasteiger partial charge in [0.05, 0.1) is 6.04 Å². The van der Waals surface area contributed by atoms with Gasteiger partial charge in [-0.3, -0.25) is 0 Å². The highest BCUT2D eigenvalue weighted by atomic mass is 16.3. The van der Waals surface area contributed by atoms with Gasteiger partial charge in [-0.1, -0.05) is 75.8 Å². The Morgan fingerprint density at radius 1 is 0.534 bits per heavy atom. The molecule has 9 aromatic rings. The smallest absolute Gasteiger partial charge is 0.137 e. The van der Waals surface area contributed by atoms with Crippen molar-refractivity contribution in [2.75, 3.05) is 15.5 Å². The van der Waals surface area contributed by atoms with Gasteiger partial charge in [-0.15, -0.1) is 0 Å². The van der Waals surface area contributed by atoms with Crippen LogP contribution >= 0.6 is 0 Å². The van der Waals surface area contributed by atoms with E-state index in [1.807, 2.05) is 12.1 Å². The molecule has 10 rings (SSSR count). The maximum absolute atomic E-state index is 6.67.